The number of nitrogens with zero attached hydrogens (tertiary/aromatic N) is 2. The molecule has 27 heavy (non-hydrogen) atoms. The molecule has 1 aliphatic rings. The maximum atomic E-state index is 14.3. The second-order valence-electron chi connectivity index (χ2n) is 6.97. The number of halogens is 1. The summed E-state index contributed by atoms with van der Waals surface area (Å²) in [5.41, 5.74) is 2.36. The van der Waals surface area contributed by atoms with E-state index >= 15 is 0 Å². The van der Waals surface area contributed by atoms with Gasteiger partial charge in [0, 0.05) is 25.2 Å². The summed E-state index contributed by atoms with van der Waals surface area (Å²) in [5.74, 6) is 0.0110. The molecule has 0 spiro atoms. The largest absolute Gasteiger partial charge is 0.495 e. The fraction of sp³-hybridized carbons (Fsp3) is 0.400. The van der Waals surface area contributed by atoms with Gasteiger partial charge in [-0.1, -0.05) is 18.2 Å². The summed E-state index contributed by atoms with van der Waals surface area (Å²) >= 11 is 0. The second-order valence-corrected chi connectivity index (χ2v) is 8.87. The molecule has 1 unspecified atom stereocenters. The van der Waals surface area contributed by atoms with Gasteiger partial charge in [0.1, 0.15) is 16.5 Å². The average Bonchev–Trinajstić information content (AvgIpc) is 2.64. The zero-order chi connectivity index (χ0) is 19.8. The van der Waals surface area contributed by atoms with Crippen molar-refractivity contribution < 1.29 is 17.5 Å². The molecule has 1 aliphatic heterocycles. The first-order valence-electron chi connectivity index (χ1n) is 8.85. The first-order chi connectivity index (χ1) is 12.8. The van der Waals surface area contributed by atoms with Crippen LogP contribution in [0.1, 0.15) is 22.7 Å². The lowest BCUT2D eigenvalue weighted by Gasteiger charge is -2.39. The Morgan fingerprint density at radius 1 is 1.11 bits per heavy atom. The molecule has 1 atom stereocenters. The molecule has 0 bridgehead atoms. The maximum Gasteiger partial charge on any atom is 0.246 e. The molecule has 146 valence electrons. The number of sulfonamides is 1. The van der Waals surface area contributed by atoms with Gasteiger partial charge in [0.05, 0.1) is 13.2 Å². The van der Waals surface area contributed by atoms with E-state index < -0.39 is 10.0 Å². The summed E-state index contributed by atoms with van der Waals surface area (Å²) in [7, 11) is -0.408. The van der Waals surface area contributed by atoms with Crippen LogP contribution < -0.4 is 4.74 Å². The Bertz CT molecular complexity index is 946. The number of hydrogen-bond donors (Lipinski definition) is 0. The molecule has 0 aliphatic carbocycles. The molecule has 0 N–H and O–H groups in total. The predicted octanol–water partition coefficient (Wildman–Crippen LogP) is 3.13. The number of likely N-dealkylation sites (N-methyl/N-ethyl adjacent to an activating group) is 1. The van der Waals surface area contributed by atoms with E-state index in [1.54, 1.807) is 30.3 Å². The van der Waals surface area contributed by atoms with Crippen LogP contribution >= 0.6 is 0 Å². The van der Waals surface area contributed by atoms with Crippen LogP contribution in [0.15, 0.2) is 41.3 Å². The summed E-state index contributed by atoms with van der Waals surface area (Å²) in [5, 5.41) is 0. The minimum absolute atomic E-state index is 0.157. The van der Waals surface area contributed by atoms with Gasteiger partial charge in [-0.25, -0.2) is 12.8 Å². The van der Waals surface area contributed by atoms with Gasteiger partial charge in [-0.3, -0.25) is 4.90 Å². The van der Waals surface area contributed by atoms with Gasteiger partial charge in [-0.2, -0.15) is 4.31 Å². The molecule has 5 nitrogen and oxygen atoms in total. The SMILES string of the molecule is COc1cc(C)c(C)cc1S(=O)(=O)N1CCN(C)C(c2ccccc2F)C1. The van der Waals surface area contributed by atoms with E-state index in [0.717, 1.165) is 11.1 Å². The Morgan fingerprint density at radius 2 is 1.78 bits per heavy atom. The summed E-state index contributed by atoms with van der Waals surface area (Å²) in [4.78, 5) is 2.15. The highest BCUT2D eigenvalue weighted by atomic mass is 32.2. The molecule has 0 amide bonds. The van der Waals surface area contributed by atoms with E-state index in [1.165, 1.54) is 17.5 Å². The minimum Gasteiger partial charge on any atom is -0.495 e. The van der Waals surface area contributed by atoms with E-state index in [4.69, 9.17) is 4.74 Å². The lowest BCUT2D eigenvalue weighted by atomic mass is 10.0. The summed E-state index contributed by atoms with van der Waals surface area (Å²) in [6.45, 7) is 4.85. The van der Waals surface area contributed by atoms with E-state index in [9.17, 15) is 12.8 Å². The standard InChI is InChI=1S/C20H25FN2O3S/c1-14-11-19(26-4)20(12-15(14)2)27(24,25)23-10-9-22(3)18(13-23)16-7-5-6-8-17(16)21/h5-8,11-12,18H,9-10,13H2,1-4H3. The summed E-state index contributed by atoms with van der Waals surface area (Å²) in [6.07, 6.45) is 0. The van der Waals surface area contributed by atoms with E-state index in [2.05, 4.69) is 0 Å². The summed E-state index contributed by atoms with van der Waals surface area (Å²) in [6, 6.07) is 9.58. The highest BCUT2D eigenvalue weighted by Crippen LogP contribution is 2.33. The first-order valence-corrected chi connectivity index (χ1v) is 10.3. The quantitative estimate of drug-likeness (QED) is 0.802. The third-order valence-corrected chi connectivity index (χ3v) is 7.16. The van der Waals surface area contributed by atoms with Crippen molar-refractivity contribution in [3.8, 4) is 5.75 Å². The molecular weight excluding hydrogens is 367 g/mol. The summed E-state index contributed by atoms with van der Waals surface area (Å²) < 4.78 is 47.7. The molecule has 0 saturated carbocycles. The van der Waals surface area contributed by atoms with Crippen molar-refractivity contribution in [3.63, 3.8) is 0 Å². The number of rotatable bonds is 4. The molecular formula is C20H25FN2O3S. The Morgan fingerprint density at radius 3 is 2.44 bits per heavy atom. The lowest BCUT2D eigenvalue weighted by Crippen LogP contribution is -2.49. The van der Waals surface area contributed by atoms with Crippen molar-refractivity contribution in [2.24, 2.45) is 0 Å². The smallest absolute Gasteiger partial charge is 0.246 e. The van der Waals surface area contributed by atoms with Crippen LogP contribution in [0, 0.1) is 19.7 Å². The van der Waals surface area contributed by atoms with Gasteiger partial charge in [0.25, 0.3) is 0 Å². The lowest BCUT2D eigenvalue weighted by molar-refractivity contribution is 0.145. The Kier molecular flexibility index (Phi) is 5.55. The van der Waals surface area contributed by atoms with Crippen LogP contribution in [0.4, 0.5) is 4.39 Å². The fourth-order valence-corrected chi connectivity index (χ4v) is 5.07. The van der Waals surface area contributed by atoms with Crippen molar-refractivity contribution in [1.82, 2.24) is 9.21 Å². The third-order valence-electron chi connectivity index (χ3n) is 5.27. The number of ether oxygens (including phenoxy) is 1. The number of hydrogen-bond acceptors (Lipinski definition) is 4. The molecule has 7 heteroatoms. The van der Waals surface area contributed by atoms with Crippen LogP contribution in [0.5, 0.6) is 5.75 Å². The van der Waals surface area contributed by atoms with Gasteiger partial charge >= 0.3 is 0 Å². The highest BCUT2D eigenvalue weighted by Gasteiger charge is 2.36. The normalized spacial score (nSPS) is 19.2. The van der Waals surface area contributed by atoms with Gasteiger partial charge in [-0.15, -0.1) is 0 Å². The molecule has 3 rings (SSSR count). The van der Waals surface area contributed by atoms with Crippen LogP contribution in [-0.4, -0.2) is 51.4 Å². The van der Waals surface area contributed by atoms with Crippen LogP contribution in [-0.2, 0) is 10.0 Å². The van der Waals surface area contributed by atoms with Gasteiger partial charge in [-0.05, 0) is 50.2 Å². The molecule has 0 aromatic heterocycles. The van der Waals surface area contributed by atoms with Gasteiger partial charge < -0.3 is 4.74 Å². The topological polar surface area (TPSA) is 49.9 Å². The molecule has 1 saturated heterocycles. The Labute approximate surface area is 160 Å². The number of benzene rings is 2. The van der Waals surface area contributed by atoms with Crippen molar-refractivity contribution in [3.05, 3.63) is 58.9 Å². The maximum absolute atomic E-state index is 14.3. The number of piperazine rings is 1. The molecule has 2 aromatic carbocycles. The number of methoxy groups -OCH3 is 1. The van der Waals surface area contributed by atoms with Crippen molar-refractivity contribution >= 4 is 10.0 Å². The second kappa shape index (κ2) is 7.58. The fourth-order valence-electron chi connectivity index (χ4n) is 3.41. The van der Waals surface area contributed by atoms with Gasteiger partial charge in [0.2, 0.25) is 10.0 Å². The third kappa shape index (κ3) is 3.72. The van der Waals surface area contributed by atoms with E-state index in [-0.39, 0.29) is 23.3 Å². The van der Waals surface area contributed by atoms with Gasteiger partial charge in [0.15, 0.2) is 0 Å². The molecule has 1 fully saturated rings. The molecule has 2 aromatic rings. The van der Waals surface area contributed by atoms with Crippen molar-refractivity contribution in [2.75, 3.05) is 33.8 Å². The van der Waals surface area contributed by atoms with Crippen LogP contribution in [0.25, 0.3) is 0 Å². The average molecular weight is 392 g/mol. The van der Waals surface area contributed by atoms with Crippen LogP contribution in [0.2, 0.25) is 0 Å². The minimum atomic E-state index is -3.76. The highest BCUT2D eigenvalue weighted by molar-refractivity contribution is 7.89. The van der Waals surface area contributed by atoms with Crippen molar-refractivity contribution in [1.29, 1.82) is 0 Å². The van der Waals surface area contributed by atoms with E-state index in [1.807, 2.05) is 25.8 Å². The molecule has 1 heterocycles. The zero-order valence-electron chi connectivity index (χ0n) is 16.1. The monoisotopic (exact) mass is 392 g/mol. The van der Waals surface area contributed by atoms with E-state index in [0.29, 0.717) is 24.4 Å². The molecule has 0 radical (unpaired) electrons. The Balaban J connectivity index is 1.99. The number of aryl methyl sites for hydroxylation is 2. The first kappa shape index (κ1) is 19.8. The van der Waals surface area contributed by atoms with Crippen LogP contribution in [0.3, 0.4) is 0 Å². The zero-order valence-corrected chi connectivity index (χ0v) is 16.9. The Hall–Kier alpha value is -1.96. The van der Waals surface area contributed by atoms with Crippen molar-refractivity contribution in [2.45, 2.75) is 24.8 Å². The predicted molar refractivity (Wildman–Crippen MR) is 103 cm³/mol.